The van der Waals surface area contributed by atoms with E-state index < -0.39 is 0 Å². The fourth-order valence-corrected chi connectivity index (χ4v) is 3.75. The number of ether oxygens (including phenoxy) is 1. The van der Waals surface area contributed by atoms with E-state index >= 15 is 0 Å². The lowest BCUT2D eigenvalue weighted by Crippen LogP contribution is -2.42. The Morgan fingerprint density at radius 1 is 0.964 bits per heavy atom. The zero-order valence-electron chi connectivity index (χ0n) is 15.3. The van der Waals surface area contributed by atoms with Crippen LogP contribution in [0.5, 0.6) is 5.75 Å². The average molecular weight is 369 g/mol. The lowest BCUT2D eigenvalue weighted by atomic mass is 10.0. The zero-order chi connectivity index (χ0) is 19.1. The summed E-state index contributed by atoms with van der Waals surface area (Å²) >= 11 is 0. The van der Waals surface area contributed by atoms with E-state index in [1.165, 1.54) is 0 Å². The fourth-order valence-electron chi connectivity index (χ4n) is 3.75. The van der Waals surface area contributed by atoms with Crippen LogP contribution in [-0.4, -0.2) is 12.9 Å². The van der Waals surface area contributed by atoms with Crippen molar-refractivity contribution in [3.05, 3.63) is 90.2 Å². The average Bonchev–Trinajstić information content (AvgIpc) is 3.23. The van der Waals surface area contributed by atoms with Gasteiger partial charge < -0.3 is 19.4 Å². The van der Waals surface area contributed by atoms with Gasteiger partial charge in [0.05, 0.1) is 24.6 Å². The van der Waals surface area contributed by atoms with Gasteiger partial charge in [0.1, 0.15) is 17.8 Å². The molecular weight excluding hydrogens is 350 g/mol. The largest absolute Gasteiger partial charge is 0.497 e. The van der Waals surface area contributed by atoms with E-state index in [1.807, 2.05) is 53.4 Å². The second-order valence-corrected chi connectivity index (χ2v) is 6.70. The molecule has 138 valence electrons. The Bertz CT molecular complexity index is 1160. The molecule has 2 N–H and O–H groups in total. The van der Waals surface area contributed by atoms with Crippen molar-refractivity contribution in [2.75, 3.05) is 17.3 Å². The Morgan fingerprint density at radius 2 is 1.75 bits per heavy atom. The van der Waals surface area contributed by atoms with Gasteiger partial charge in [-0.2, -0.15) is 0 Å². The third-order valence-electron chi connectivity index (χ3n) is 5.14. The Labute approximate surface area is 162 Å². The predicted molar refractivity (Wildman–Crippen MR) is 111 cm³/mol. The fraction of sp³-hybridized carbons (Fsp3) is 0.0870. The van der Waals surface area contributed by atoms with Gasteiger partial charge in [0, 0.05) is 5.39 Å². The molecule has 2 heterocycles. The first-order valence-corrected chi connectivity index (χ1v) is 9.10. The van der Waals surface area contributed by atoms with Crippen LogP contribution < -0.4 is 15.0 Å². The molecule has 5 heteroatoms. The molecule has 0 spiro atoms. The second kappa shape index (κ2) is 6.46. The van der Waals surface area contributed by atoms with Crippen molar-refractivity contribution >= 4 is 28.2 Å². The van der Waals surface area contributed by atoms with Gasteiger partial charge in [-0.15, -0.1) is 0 Å². The topological polar surface area (TPSA) is 61.5 Å². The van der Waals surface area contributed by atoms with E-state index in [-0.39, 0.29) is 6.17 Å². The normalized spacial score (nSPS) is 16.0. The molecule has 5 nitrogen and oxygen atoms in total. The quantitative estimate of drug-likeness (QED) is 0.508. The van der Waals surface area contributed by atoms with Crippen LogP contribution >= 0.6 is 0 Å². The monoisotopic (exact) mass is 369 g/mol. The van der Waals surface area contributed by atoms with Crippen molar-refractivity contribution in [3.8, 4) is 5.75 Å². The van der Waals surface area contributed by atoms with Crippen molar-refractivity contribution in [1.82, 2.24) is 0 Å². The first-order chi connectivity index (χ1) is 13.8. The van der Waals surface area contributed by atoms with E-state index in [2.05, 4.69) is 29.6 Å². The van der Waals surface area contributed by atoms with Crippen molar-refractivity contribution in [3.63, 3.8) is 0 Å². The number of anilines is 2. The van der Waals surface area contributed by atoms with Crippen LogP contribution in [0.3, 0.4) is 0 Å². The molecule has 1 unspecified atom stereocenters. The Hall–Kier alpha value is -3.73. The molecule has 3 aromatic carbocycles. The minimum atomic E-state index is -0.275. The Balaban J connectivity index is 1.70. The summed E-state index contributed by atoms with van der Waals surface area (Å²) in [4.78, 5) is 2.02. The number of nitrogens with zero attached hydrogens (tertiary/aromatic N) is 1. The van der Waals surface area contributed by atoms with Gasteiger partial charge in [-0.05, 0) is 35.2 Å². The number of nitrogens with one attached hydrogen (secondary N) is 2. The summed E-state index contributed by atoms with van der Waals surface area (Å²) in [5.74, 6) is 1.81. The number of rotatable bonds is 3. The van der Waals surface area contributed by atoms with E-state index in [1.54, 1.807) is 13.4 Å². The summed E-state index contributed by atoms with van der Waals surface area (Å²) < 4.78 is 10.9. The van der Waals surface area contributed by atoms with Crippen molar-refractivity contribution in [2.45, 2.75) is 6.17 Å². The molecule has 0 saturated heterocycles. The van der Waals surface area contributed by atoms with Crippen LogP contribution in [0.25, 0.3) is 10.8 Å². The van der Waals surface area contributed by atoms with Gasteiger partial charge >= 0.3 is 0 Å². The number of amidine groups is 1. The van der Waals surface area contributed by atoms with Crippen LogP contribution in [0, 0.1) is 5.41 Å². The Kier molecular flexibility index (Phi) is 3.79. The molecule has 28 heavy (non-hydrogen) atoms. The lowest BCUT2D eigenvalue weighted by molar-refractivity contribution is 0.414. The molecule has 0 saturated carbocycles. The van der Waals surface area contributed by atoms with Gasteiger partial charge in [-0.1, -0.05) is 48.5 Å². The third kappa shape index (κ3) is 2.52. The van der Waals surface area contributed by atoms with Gasteiger partial charge in [0.2, 0.25) is 5.88 Å². The number of fused-ring (bicyclic) bond motifs is 2. The Morgan fingerprint density at radius 3 is 2.57 bits per heavy atom. The van der Waals surface area contributed by atoms with Crippen LogP contribution in [0.4, 0.5) is 11.6 Å². The molecule has 1 aromatic heterocycles. The second-order valence-electron chi connectivity index (χ2n) is 6.70. The number of furan rings is 1. The highest BCUT2D eigenvalue weighted by atomic mass is 16.5. The van der Waals surface area contributed by atoms with Gasteiger partial charge in [-0.3, -0.25) is 5.41 Å². The van der Waals surface area contributed by atoms with E-state index in [9.17, 15) is 0 Å². The molecule has 0 bridgehead atoms. The molecule has 1 aliphatic heterocycles. The van der Waals surface area contributed by atoms with E-state index in [0.29, 0.717) is 11.7 Å². The molecule has 1 aliphatic rings. The number of hydrogen-bond acceptors (Lipinski definition) is 4. The summed E-state index contributed by atoms with van der Waals surface area (Å²) in [6, 6.07) is 24.1. The SMILES string of the molecule is COc1ccc(C2Nc3occc3C(=N)N2c2cccc3ccccc23)cc1. The van der Waals surface area contributed by atoms with Gasteiger partial charge in [-0.25, -0.2) is 0 Å². The third-order valence-corrected chi connectivity index (χ3v) is 5.14. The van der Waals surface area contributed by atoms with Crippen molar-refractivity contribution in [1.29, 1.82) is 5.41 Å². The minimum absolute atomic E-state index is 0.275. The molecular formula is C23H19N3O2. The van der Waals surface area contributed by atoms with Gasteiger partial charge in [0.15, 0.2) is 0 Å². The maximum Gasteiger partial charge on any atom is 0.205 e. The van der Waals surface area contributed by atoms with Crippen LogP contribution in [0.2, 0.25) is 0 Å². The molecule has 0 amide bonds. The standard InChI is InChI=1S/C23H19N3O2/c1-27-17-11-9-16(10-12-17)22-25-23-19(13-14-28-23)21(24)26(22)20-8-4-6-15-5-2-3-7-18(15)20/h2-14,22,24-25H,1H3. The summed E-state index contributed by atoms with van der Waals surface area (Å²) in [6.07, 6.45) is 1.34. The smallest absolute Gasteiger partial charge is 0.205 e. The molecule has 0 fully saturated rings. The molecule has 4 aromatic rings. The maximum atomic E-state index is 8.92. The summed E-state index contributed by atoms with van der Waals surface area (Å²) in [7, 11) is 1.65. The number of benzene rings is 3. The molecule has 0 aliphatic carbocycles. The number of hydrogen-bond donors (Lipinski definition) is 2. The zero-order valence-corrected chi connectivity index (χ0v) is 15.3. The van der Waals surface area contributed by atoms with Crippen molar-refractivity contribution in [2.24, 2.45) is 0 Å². The summed E-state index contributed by atoms with van der Waals surface area (Å²) in [6.45, 7) is 0. The predicted octanol–water partition coefficient (Wildman–Crippen LogP) is 5.40. The van der Waals surface area contributed by atoms with Crippen LogP contribution in [0.1, 0.15) is 17.3 Å². The first-order valence-electron chi connectivity index (χ1n) is 9.10. The van der Waals surface area contributed by atoms with E-state index in [0.717, 1.165) is 33.3 Å². The summed E-state index contributed by atoms with van der Waals surface area (Å²) in [5, 5.41) is 14.6. The molecule has 1 atom stereocenters. The maximum absolute atomic E-state index is 8.92. The molecule has 5 rings (SSSR count). The first kappa shape index (κ1) is 16.4. The molecule has 0 radical (unpaired) electrons. The van der Waals surface area contributed by atoms with Crippen LogP contribution in [0.15, 0.2) is 83.5 Å². The van der Waals surface area contributed by atoms with Crippen molar-refractivity contribution < 1.29 is 9.15 Å². The highest BCUT2D eigenvalue weighted by molar-refractivity contribution is 6.16. The van der Waals surface area contributed by atoms with Gasteiger partial charge in [0.25, 0.3) is 0 Å². The lowest BCUT2D eigenvalue weighted by Gasteiger charge is -2.38. The highest BCUT2D eigenvalue weighted by Crippen LogP contribution is 2.40. The minimum Gasteiger partial charge on any atom is -0.497 e. The van der Waals surface area contributed by atoms with E-state index in [4.69, 9.17) is 14.6 Å². The number of methoxy groups -OCH3 is 1. The summed E-state index contributed by atoms with van der Waals surface area (Å²) in [5.41, 5.74) is 2.74. The van der Waals surface area contributed by atoms with Crippen LogP contribution in [-0.2, 0) is 0 Å². The highest BCUT2D eigenvalue weighted by Gasteiger charge is 2.34.